The number of hydrogen-bond donors (Lipinski definition) is 1. The zero-order valence-electron chi connectivity index (χ0n) is 10.6. The number of pyridine rings is 1. The standard InChI is InChI=1S/C13H15N3O2/c1-8-4-12(9(2)16-15-8)13(17)10-5-11(18-3)7-14-6-10/h4-7,13,17H,1-3H3. The van der Waals surface area contributed by atoms with E-state index in [2.05, 4.69) is 15.2 Å². The molecule has 0 radical (unpaired) electrons. The Morgan fingerprint density at radius 3 is 2.67 bits per heavy atom. The first-order chi connectivity index (χ1) is 8.61. The predicted molar refractivity (Wildman–Crippen MR) is 66.4 cm³/mol. The predicted octanol–water partition coefficient (Wildman–Crippen LogP) is 1.58. The fourth-order valence-electron chi connectivity index (χ4n) is 1.72. The summed E-state index contributed by atoms with van der Waals surface area (Å²) in [5, 5.41) is 18.3. The summed E-state index contributed by atoms with van der Waals surface area (Å²) in [6.07, 6.45) is 2.43. The lowest BCUT2D eigenvalue weighted by molar-refractivity contribution is 0.217. The van der Waals surface area contributed by atoms with Crippen LogP contribution in [0.1, 0.15) is 28.6 Å². The van der Waals surface area contributed by atoms with Gasteiger partial charge in [-0.3, -0.25) is 4.98 Å². The summed E-state index contributed by atoms with van der Waals surface area (Å²) >= 11 is 0. The highest BCUT2D eigenvalue weighted by molar-refractivity contribution is 5.34. The van der Waals surface area contributed by atoms with Crippen LogP contribution in [0.4, 0.5) is 0 Å². The van der Waals surface area contributed by atoms with Gasteiger partial charge in [-0.25, -0.2) is 0 Å². The van der Waals surface area contributed by atoms with E-state index in [9.17, 15) is 5.11 Å². The molecule has 0 aliphatic carbocycles. The molecular formula is C13H15N3O2. The Balaban J connectivity index is 2.40. The zero-order chi connectivity index (χ0) is 13.1. The third kappa shape index (κ3) is 2.46. The van der Waals surface area contributed by atoms with Crippen molar-refractivity contribution >= 4 is 0 Å². The van der Waals surface area contributed by atoms with Crippen LogP contribution < -0.4 is 4.74 Å². The molecule has 0 spiro atoms. The summed E-state index contributed by atoms with van der Waals surface area (Å²) in [5.74, 6) is 0.614. The maximum atomic E-state index is 10.4. The Bertz CT molecular complexity index is 558. The minimum Gasteiger partial charge on any atom is -0.495 e. The number of aliphatic hydroxyl groups is 1. The van der Waals surface area contributed by atoms with Crippen LogP contribution in [0.25, 0.3) is 0 Å². The van der Waals surface area contributed by atoms with Crippen molar-refractivity contribution < 1.29 is 9.84 Å². The van der Waals surface area contributed by atoms with E-state index in [0.29, 0.717) is 17.0 Å². The second kappa shape index (κ2) is 5.10. The number of aryl methyl sites for hydroxylation is 2. The molecule has 0 fully saturated rings. The van der Waals surface area contributed by atoms with E-state index in [-0.39, 0.29) is 0 Å². The van der Waals surface area contributed by atoms with Crippen LogP contribution >= 0.6 is 0 Å². The van der Waals surface area contributed by atoms with Crippen LogP contribution in [0.5, 0.6) is 5.75 Å². The summed E-state index contributed by atoms with van der Waals surface area (Å²) in [5.41, 5.74) is 2.88. The smallest absolute Gasteiger partial charge is 0.137 e. The van der Waals surface area contributed by atoms with Crippen molar-refractivity contribution in [3.63, 3.8) is 0 Å². The molecule has 2 heterocycles. The minimum atomic E-state index is -0.776. The summed E-state index contributed by atoms with van der Waals surface area (Å²) < 4.78 is 5.09. The number of ether oxygens (including phenoxy) is 1. The van der Waals surface area contributed by atoms with Crippen LogP contribution in [0.15, 0.2) is 24.5 Å². The van der Waals surface area contributed by atoms with Crippen LogP contribution in [-0.4, -0.2) is 27.4 Å². The van der Waals surface area contributed by atoms with Crippen molar-refractivity contribution in [2.45, 2.75) is 20.0 Å². The molecule has 18 heavy (non-hydrogen) atoms. The molecule has 2 aromatic rings. The molecule has 94 valence electrons. The summed E-state index contributed by atoms with van der Waals surface area (Å²) in [6, 6.07) is 3.58. The minimum absolute atomic E-state index is 0.614. The SMILES string of the molecule is COc1cncc(C(O)c2cc(C)nnc2C)c1. The average molecular weight is 245 g/mol. The average Bonchev–Trinajstić information content (AvgIpc) is 2.41. The van der Waals surface area contributed by atoms with Gasteiger partial charge in [0.15, 0.2) is 0 Å². The highest BCUT2D eigenvalue weighted by Gasteiger charge is 2.15. The first-order valence-electron chi connectivity index (χ1n) is 5.59. The van der Waals surface area contributed by atoms with E-state index in [0.717, 1.165) is 11.3 Å². The Morgan fingerprint density at radius 1 is 1.17 bits per heavy atom. The second-order valence-electron chi connectivity index (χ2n) is 4.09. The van der Waals surface area contributed by atoms with Crippen LogP contribution in [-0.2, 0) is 0 Å². The maximum Gasteiger partial charge on any atom is 0.137 e. The highest BCUT2D eigenvalue weighted by atomic mass is 16.5. The van der Waals surface area contributed by atoms with Gasteiger partial charge in [0.2, 0.25) is 0 Å². The van der Waals surface area contributed by atoms with Crippen molar-refractivity contribution in [3.8, 4) is 5.75 Å². The van der Waals surface area contributed by atoms with Gasteiger partial charge in [0.25, 0.3) is 0 Å². The van der Waals surface area contributed by atoms with E-state index in [1.54, 1.807) is 25.6 Å². The lowest BCUT2D eigenvalue weighted by atomic mass is 10.0. The van der Waals surface area contributed by atoms with Crippen LogP contribution in [0.2, 0.25) is 0 Å². The van der Waals surface area contributed by atoms with E-state index in [1.165, 1.54) is 0 Å². The molecule has 2 aromatic heterocycles. The number of aromatic nitrogens is 3. The van der Waals surface area contributed by atoms with Gasteiger partial charge in [0.1, 0.15) is 11.9 Å². The normalized spacial score (nSPS) is 12.2. The van der Waals surface area contributed by atoms with Gasteiger partial charge in [-0.05, 0) is 26.0 Å². The van der Waals surface area contributed by atoms with Gasteiger partial charge >= 0.3 is 0 Å². The van der Waals surface area contributed by atoms with Crippen molar-refractivity contribution in [2.24, 2.45) is 0 Å². The van der Waals surface area contributed by atoms with Crippen LogP contribution in [0, 0.1) is 13.8 Å². The molecule has 0 aliphatic rings. The highest BCUT2D eigenvalue weighted by Crippen LogP contribution is 2.25. The molecule has 0 aromatic carbocycles. The van der Waals surface area contributed by atoms with Crippen molar-refractivity contribution in [3.05, 3.63) is 47.0 Å². The fraction of sp³-hybridized carbons (Fsp3) is 0.308. The maximum absolute atomic E-state index is 10.4. The molecule has 1 atom stereocenters. The summed E-state index contributed by atoms with van der Waals surface area (Å²) in [6.45, 7) is 3.66. The van der Waals surface area contributed by atoms with Gasteiger partial charge in [0, 0.05) is 17.3 Å². The summed E-state index contributed by atoms with van der Waals surface area (Å²) in [7, 11) is 1.57. The molecule has 5 heteroatoms. The number of hydrogen-bond acceptors (Lipinski definition) is 5. The first-order valence-corrected chi connectivity index (χ1v) is 5.59. The van der Waals surface area contributed by atoms with E-state index >= 15 is 0 Å². The van der Waals surface area contributed by atoms with E-state index in [4.69, 9.17) is 4.74 Å². The Morgan fingerprint density at radius 2 is 1.94 bits per heavy atom. The molecule has 0 bridgehead atoms. The molecule has 1 N–H and O–H groups in total. The van der Waals surface area contributed by atoms with Gasteiger partial charge in [-0.1, -0.05) is 0 Å². The number of methoxy groups -OCH3 is 1. The molecule has 0 saturated carbocycles. The Labute approximate surface area is 105 Å². The lowest BCUT2D eigenvalue weighted by Crippen LogP contribution is -2.06. The monoisotopic (exact) mass is 245 g/mol. The molecule has 1 unspecified atom stereocenters. The van der Waals surface area contributed by atoms with Crippen molar-refractivity contribution in [1.82, 2.24) is 15.2 Å². The number of rotatable bonds is 3. The van der Waals surface area contributed by atoms with E-state index < -0.39 is 6.10 Å². The lowest BCUT2D eigenvalue weighted by Gasteiger charge is -2.14. The molecule has 0 aliphatic heterocycles. The second-order valence-corrected chi connectivity index (χ2v) is 4.09. The van der Waals surface area contributed by atoms with Crippen molar-refractivity contribution in [1.29, 1.82) is 0 Å². The third-order valence-electron chi connectivity index (χ3n) is 2.72. The van der Waals surface area contributed by atoms with Crippen LogP contribution in [0.3, 0.4) is 0 Å². The topological polar surface area (TPSA) is 68.1 Å². The van der Waals surface area contributed by atoms with Crippen molar-refractivity contribution in [2.75, 3.05) is 7.11 Å². The van der Waals surface area contributed by atoms with Gasteiger partial charge in [-0.15, -0.1) is 0 Å². The number of nitrogens with zero attached hydrogens (tertiary/aromatic N) is 3. The largest absolute Gasteiger partial charge is 0.495 e. The van der Waals surface area contributed by atoms with Gasteiger partial charge in [0.05, 0.1) is 24.7 Å². The zero-order valence-corrected chi connectivity index (χ0v) is 10.6. The van der Waals surface area contributed by atoms with Gasteiger partial charge < -0.3 is 9.84 Å². The molecular weight excluding hydrogens is 230 g/mol. The van der Waals surface area contributed by atoms with E-state index in [1.807, 2.05) is 19.9 Å². The summed E-state index contributed by atoms with van der Waals surface area (Å²) in [4.78, 5) is 4.03. The molecule has 2 rings (SSSR count). The molecule has 0 saturated heterocycles. The third-order valence-corrected chi connectivity index (χ3v) is 2.72. The molecule has 0 amide bonds. The molecule has 5 nitrogen and oxygen atoms in total. The Kier molecular flexibility index (Phi) is 3.53. The van der Waals surface area contributed by atoms with Gasteiger partial charge in [-0.2, -0.15) is 10.2 Å². The fourth-order valence-corrected chi connectivity index (χ4v) is 1.72. The quantitative estimate of drug-likeness (QED) is 0.889. The first kappa shape index (κ1) is 12.4. The Hall–Kier alpha value is -2.01. The number of aliphatic hydroxyl groups excluding tert-OH is 1.